The zero-order chi connectivity index (χ0) is 6.15. The third-order valence-electron chi connectivity index (χ3n) is 1.18. The van der Waals surface area contributed by atoms with Crippen molar-refractivity contribution in [3.8, 4) is 0 Å². The van der Waals surface area contributed by atoms with Crippen molar-refractivity contribution < 1.29 is 9.63 Å². The van der Waals surface area contributed by atoms with Gasteiger partial charge in [0.1, 0.15) is 0 Å². The molecule has 46 valence electrons. The lowest BCUT2D eigenvalue weighted by Crippen LogP contribution is -2.11. The zero-order valence-corrected chi connectivity index (χ0v) is 5.05. The fourth-order valence-electron chi connectivity index (χ4n) is 0.741. The van der Waals surface area contributed by atoms with E-state index in [4.69, 9.17) is 0 Å². The second kappa shape index (κ2) is 1.74. The van der Waals surface area contributed by atoms with E-state index >= 15 is 0 Å². The van der Waals surface area contributed by atoms with Crippen molar-refractivity contribution in [2.45, 2.75) is 6.92 Å². The van der Waals surface area contributed by atoms with Gasteiger partial charge in [-0.25, -0.2) is 0 Å². The summed E-state index contributed by atoms with van der Waals surface area (Å²) in [5, 5.41) is 1.55. The standard InChI is InChI=1S/C5H9NO2/c1-4-3-6(2)8-5(4)7/h4H,3H2,1-2H3. The Morgan fingerprint density at radius 1 is 1.88 bits per heavy atom. The van der Waals surface area contributed by atoms with Gasteiger partial charge in [-0.1, -0.05) is 6.92 Å². The Balaban J connectivity index is 2.51. The molecule has 1 fully saturated rings. The Morgan fingerprint density at radius 3 is 2.62 bits per heavy atom. The van der Waals surface area contributed by atoms with Crippen molar-refractivity contribution in [3.63, 3.8) is 0 Å². The SMILES string of the molecule is CC1CN(C)OC1=O. The normalized spacial score (nSPS) is 30.8. The van der Waals surface area contributed by atoms with Crippen LogP contribution in [-0.4, -0.2) is 24.6 Å². The Bertz CT molecular complexity index is 113. The topological polar surface area (TPSA) is 29.5 Å². The number of nitrogens with zero attached hydrogens (tertiary/aromatic N) is 1. The second-order valence-electron chi connectivity index (χ2n) is 2.12. The summed E-state index contributed by atoms with van der Waals surface area (Å²) in [7, 11) is 1.75. The first-order valence-corrected chi connectivity index (χ1v) is 2.63. The molecule has 1 unspecified atom stereocenters. The zero-order valence-electron chi connectivity index (χ0n) is 5.05. The van der Waals surface area contributed by atoms with Crippen molar-refractivity contribution in [1.29, 1.82) is 0 Å². The van der Waals surface area contributed by atoms with E-state index in [0.717, 1.165) is 6.54 Å². The molecule has 0 aromatic rings. The number of rotatable bonds is 0. The minimum absolute atomic E-state index is 0.0556. The fraction of sp³-hybridized carbons (Fsp3) is 0.800. The van der Waals surface area contributed by atoms with Gasteiger partial charge in [-0.15, -0.1) is 5.06 Å². The summed E-state index contributed by atoms with van der Waals surface area (Å²) in [6.45, 7) is 2.57. The van der Waals surface area contributed by atoms with Crippen LogP contribution in [0.5, 0.6) is 0 Å². The maximum Gasteiger partial charge on any atom is 0.329 e. The van der Waals surface area contributed by atoms with E-state index in [1.54, 1.807) is 12.1 Å². The highest BCUT2D eigenvalue weighted by Crippen LogP contribution is 2.09. The molecule has 3 nitrogen and oxygen atoms in total. The lowest BCUT2D eigenvalue weighted by atomic mass is 10.2. The molecule has 1 saturated heterocycles. The Hall–Kier alpha value is -0.570. The summed E-state index contributed by atoms with van der Waals surface area (Å²) in [6.07, 6.45) is 0. The lowest BCUT2D eigenvalue weighted by molar-refractivity contribution is -0.165. The fourth-order valence-corrected chi connectivity index (χ4v) is 0.741. The van der Waals surface area contributed by atoms with Crippen LogP contribution in [0.25, 0.3) is 0 Å². The number of hydrogen-bond donors (Lipinski definition) is 0. The van der Waals surface area contributed by atoms with Crippen molar-refractivity contribution in [3.05, 3.63) is 0 Å². The molecule has 0 bridgehead atoms. The van der Waals surface area contributed by atoms with Crippen LogP contribution in [0.4, 0.5) is 0 Å². The van der Waals surface area contributed by atoms with Crippen LogP contribution >= 0.6 is 0 Å². The Morgan fingerprint density at radius 2 is 2.50 bits per heavy atom. The number of hydroxylamine groups is 2. The molecule has 1 atom stereocenters. The number of hydrogen-bond acceptors (Lipinski definition) is 3. The van der Waals surface area contributed by atoms with Crippen molar-refractivity contribution in [2.24, 2.45) is 5.92 Å². The van der Waals surface area contributed by atoms with Gasteiger partial charge in [0.25, 0.3) is 0 Å². The summed E-state index contributed by atoms with van der Waals surface area (Å²) >= 11 is 0. The Kier molecular flexibility index (Phi) is 1.21. The molecule has 0 amide bonds. The van der Waals surface area contributed by atoms with Gasteiger partial charge in [-0.05, 0) is 0 Å². The molecule has 0 radical (unpaired) electrons. The van der Waals surface area contributed by atoms with Crippen molar-refractivity contribution >= 4 is 5.97 Å². The van der Waals surface area contributed by atoms with Gasteiger partial charge in [0.05, 0.1) is 5.92 Å². The van der Waals surface area contributed by atoms with Gasteiger partial charge in [-0.3, -0.25) is 4.79 Å². The van der Waals surface area contributed by atoms with Crippen LogP contribution in [0.2, 0.25) is 0 Å². The average Bonchev–Trinajstić information content (AvgIpc) is 1.85. The predicted molar refractivity (Wildman–Crippen MR) is 27.9 cm³/mol. The molecule has 8 heavy (non-hydrogen) atoms. The third-order valence-corrected chi connectivity index (χ3v) is 1.18. The summed E-state index contributed by atoms with van der Waals surface area (Å²) in [4.78, 5) is 15.2. The molecule has 3 heteroatoms. The van der Waals surface area contributed by atoms with Crippen LogP contribution in [-0.2, 0) is 9.63 Å². The van der Waals surface area contributed by atoms with Crippen LogP contribution < -0.4 is 0 Å². The van der Waals surface area contributed by atoms with Gasteiger partial charge in [0, 0.05) is 13.6 Å². The predicted octanol–water partition coefficient (Wildman–Crippen LogP) is 0.0261. The molecule has 1 aliphatic rings. The van der Waals surface area contributed by atoms with Gasteiger partial charge in [0.15, 0.2) is 0 Å². The van der Waals surface area contributed by atoms with Gasteiger partial charge < -0.3 is 4.84 Å². The molecule has 0 N–H and O–H groups in total. The third kappa shape index (κ3) is 0.816. The summed E-state index contributed by atoms with van der Waals surface area (Å²) in [6, 6.07) is 0. The van der Waals surface area contributed by atoms with E-state index < -0.39 is 0 Å². The minimum Gasteiger partial charge on any atom is -0.368 e. The molecule has 0 aliphatic carbocycles. The Labute approximate surface area is 48.2 Å². The van der Waals surface area contributed by atoms with Gasteiger partial charge >= 0.3 is 5.97 Å². The monoisotopic (exact) mass is 115 g/mol. The summed E-state index contributed by atoms with van der Waals surface area (Å²) in [5.74, 6) is -0.0625. The highest BCUT2D eigenvalue weighted by Gasteiger charge is 2.25. The average molecular weight is 115 g/mol. The molecule has 1 rings (SSSR count). The van der Waals surface area contributed by atoms with E-state index in [9.17, 15) is 4.79 Å². The largest absolute Gasteiger partial charge is 0.368 e. The van der Waals surface area contributed by atoms with Crippen LogP contribution in [0.3, 0.4) is 0 Å². The summed E-state index contributed by atoms with van der Waals surface area (Å²) < 4.78 is 0. The first kappa shape index (κ1) is 5.56. The summed E-state index contributed by atoms with van der Waals surface area (Å²) in [5.41, 5.74) is 0. The van der Waals surface area contributed by atoms with E-state index in [-0.39, 0.29) is 11.9 Å². The van der Waals surface area contributed by atoms with E-state index in [2.05, 4.69) is 4.84 Å². The lowest BCUT2D eigenvalue weighted by Gasteiger charge is -2.00. The molecular formula is C5H9NO2. The number of carbonyl (C=O) groups excluding carboxylic acids is 1. The highest BCUT2D eigenvalue weighted by molar-refractivity contribution is 5.73. The first-order chi connectivity index (χ1) is 3.70. The minimum atomic E-state index is -0.118. The van der Waals surface area contributed by atoms with Crippen LogP contribution in [0, 0.1) is 5.92 Å². The quantitative estimate of drug-likeness (QED) is 0.446. The van der Waals surface area contributed by atoms with E-state index in [1.165, 1.54) is 0 Å². The molecule has 0 saturated carbocycles. The van der Waals surface area contributed by atoms with E-state index in [1.807, 2.05) is 6.92 Å². The van der Waals surface area contributed by atoms with Crippen LogP contribution in [0.15, 0.2) is 0 Å². The van der Waals surface area contributed by atoms with Crippen molar-refractivity contribution in [2.75, 3.05) is 13.6 Å². The highest BCUT2D eigenvalue weighted by atomic mass is 16.7. The van der Waals surface area contributed by atoms with Gasteiger partial charge in [-0.2, -0.15) is 0 Å². The maximum absolute atomic E-state index is 10.5. The van der Waals surface area contributed by atoms with Crippen LogP contribution in [0.1, 0.15) is 6.92 Å². The molecule has 1 aliphatic heterocycles. The molecule has 0 aromatic heterocycles. The molecule has 1 heterocycles. The smallest absolute Gasteiger partial charge is 0.329 e. The van der Waals surface area contributed by atoms with E-state index in [0.29, 0.717) is 0 Å². The first-order valence-electron chi connectivity index (χ1n) is 2.63. The van der Waals surface area contributed by atoms with Gasteiger partial charge in [0.2, 0.25) is 0 Å². The number of carbonyl (C=O) groups is 1. The molecular weight excluding hydrogens is 106 g/mol. The molecule has 0 spiro atoms. The maximum atomic E-state index is 10.5. The second-order valence-corrected chi connectivity index (χ2v) is 2.12. The van der Waals surface area contributed by atoms with Crippen molar-refractivity contribution in [1.82, 2.24) is 5.06 Å². The molecule has 0 aromatic carbocycles.